The molecule has 0 radical (unpaired) electrons. The highest BCUT2D eigenvalue weighted by Crippen LogP contribution is 2.23. The summed E-state index contributed by atoms with van der Waals surface area (Å²) in [5, 5.41) is 18.6. The number of amides is 2. The van der Waals surface area contributed by atoms with Gasteiger partial charge in [-0.15, -0.1) is 23.1 Å². The Bertz CT molecular complexity index is 1050. The van der Waals surface area contributed by atoms with Crippen LogP contribution in [0.1, 0.15) is 16.1 Å². The van der Waals surface area contributed by atoms with Gasteiger partial charge in [-0.1, -0.05) is 6.07 Å². The smallest absolute Gasteiger partial charge is 0.269 e. The van der Waals surface area contributed by atoms with Gasteiger partial charge >= 0.3 is 0 Å². The van der Waals surface area contributed by atoms with E-state index in [1.54, 1.807) is 18.2 Å². The van der Waals surface area contributed by atoms with Crippen LogP contribution in [-0.4, -0.2) is 27.5 Å². The van der Waals surface area contributed by atoms with Gasteiger partial charge in [0.2, 0.25) is 5.91 Å². The molecule has 0 saturated heterocycles. The average molecular weight is 428 g/mol. The lowest BCUT2D eigenvalue weighted by atomic mass is 10.2. The molecule has 2 aromatic carbocycles. The third kappa shape index (κ3) is 5.87. The Labute approximate surface area is 174 Å². The lowest BCUT2D eigenvalue weighted by molar-refractivity contribution is -0.384. The normalized spacial score (nSPS) is 10.4. The monoisotopic (exact) mass is 428 g/mol. The fourth-order valence-electron chi connectivity index (χ4n) is 2.32. The van der Waals surface area contributed by atoms with Crippen molar-refractivity contribution in [1.29, 1.82) is 0 Å². The Morgan fingerprint density at radius 3 is 2.59 bits per heavy atom. The zero-order chi connectivity index (χ0) is 20.8. The summed E-state index contributed by atoms with van der Waals surface area (Å²) in [6.07, 6.45) is 0. The molecule has 1 heterocycles. The van der Waals surface area contributed by atoms with Gasteiger partial charge in [0.15, 0.2) is 5.13 Å². The summed E-state index contributed by atoms with van der Waals surface area (Å²) in [7, 11) is 0. The highest BCUT2D eigenvalue weighted by molar-refractivity contribution is 8.00. The predicted molar refractivity (Wildman–Crippen MR) is 114 cm³/mol. The largest absolute Gasteiger partial charge is 0.322 e. The summed E-state index contributed by atoms with van der Waals surface area (Å²) in [6, 6.07) is 12.5. The maximum absolute atomic E-state index is 12.3. The van der Waals surface area contributed by atoms with E-state index in [2.05, 4.69) is 15.6 Å². The fraction of sp³-hybridized carbons (Fsp3) is 0.105. The molecule has 0 unspecified atom stereocenters. The van der Waals surface area contributed by atoms with E-state index in [-0.39, 0.29) is 23.3 Å². The molecule has 0 fully saturated rings. The quantitative estimate of drug-likeness (QED) is 0.329. The SMILES string of the molecule is Cc1csc(NC(=O)CSc2cccc(NC(=O)c3ccc([N+](=O)[O-])cc3)c2)n1. The van der Waals surface area contributed by atoms with E-state index < -0.39 is 4.92 Å². The van der Waals surface area contributed by atoms with Gasteiger partial charge in [0.05, 0.1) is 16.4 Å². The second-order valence-electron chi connectivity index (χ2n) is 5.92. The van der Waals surface area contributed by atoms with Gasteiger partial charge in [-0.3, -0.25) is 19.7 Å². The molecule has 0 bridgehead atoms. The molecule has 0 saturated carbocycles. The average Bonchev–Trinajstić information content (AvgIpc) is 3.11. The van der Waals surface area contributed by atoms with Crippen LogP contribution in [0.25, 0.3) is 0 Å². The third-order valence-electron chi connectivity index (χ3n) is 3.67. The molecule has 29 heavy (non-hydrogen) atoms. The zero-order valence-electron chi connectivity index (χ0n) is 15.2. The van der Waals surface area contributed by atoms with Crippen molar-refractivity contribution in [3.63, 3.8) is 0 Å². The summed E-state index contributed by atoms with van der Waals surface area (Å²) in [6.45, 7) is 1.86. The Kier molecular flexibility index (Phi) is 6.57. The number of thioether (sulfide) groups is 1. The summed E-state index contributed by atoms with van der Waals surface area (Å²) < 4.78 is 0. The van der Waals surface area contributed by atoms with Crippen LogP contribution < -0.4 is 10.6 Å². The van der Waals surface area contributed by atoms with Crippen molar-refractivity contribution in [2.75, 3.05) is 16.4 Å². The van der Waals surface area contributed by atoms with Gasteiger partial charge in [-0.25, -0.2) is 4.98 Å². The van der Waals surface area contributed by atoms with Gasteiger partial charge in [0.25, 0.3) is 11.6 Å². The van der Waals surface area contributed by atoms with E-state index >= 15 is 0 Å². The molecule has 10 heteroatoms. The fourth-order valence-corrected chi connectivity index (χ4v) is 3.78. The number of aryl methyl sites for hydroxylation is 1. The second-order valence-corrected chi connectivity index (χ2v) is 7.82. The first-order chi connectivity index (χ1) is 13.9. The number of nitrogens with one attached hydrogen (secondary N) is 2. The molecule has 8 nitrogen and oxygen atoms in total. The van der Waals surface area contributed by atoms with Crippen LogP contribution >= 0.6 is 23.1 Å². The number of nitro benzene ring substituents is 1. The van der Waals surface area contributed by atoms with Crippen LogP contribution in [0.2, 0.25) is 0 Å². The number of benzene rings is 2. The standard InChI is InChI=1S/C19H16N4O4S2/c1-12-10-29-19(20-12)22-17(24)11-28-16-4-2-3-14(9-16)21-18(25)13-5-7-15(8-6-13)23(26)27/h2-10H,11H2,1H3,(H,21,25)(H,20,22,24). The minimum absolute atomic E-state index is 0.0777. The number of nitrogens with zero attached hydrogens (tertiary/aromatic N) is 2. The summed E-state index contributed by atoms with van der Waals surface area (Å²) in [4.78, 5) is 39.5. The Morgan fingerprint density at radius 1 is 1.17 bits per heavy atom. The summed E-state index contributed by atoms with van der Waals surface area (Å²) in [5.41, 5.74) is 1.65. The molecule has 2 N–H and O–H groups in total. The van der Waals surface area contributed by atoms with E-state index in [1.165, 1.54) is 47.4 Å². The van der Waals surface area contributed by atoms with Crippen LogP contribution in [-0.2, 0) is 4.79 Å². The van der Waals surface area contributed by atoms with Crippen molar-refractivity contribution in [2.24, 2.45) is 0 Å². The molecule has 0 atom stereocenters. The van der Waals surface area contributed by atoms with E-state index in [9.17, 15) is 19.7 Å². The molecule has 0 aliphatic heterocycles. The van der Waals surface area contributed by atoms with Crippen molar-refractivity contribution in [3.05, 3.63) is 75.3 Å². The van der Waals surface area contributed by atoms with Gasteiger partial charge in [-0.05, 0) is 37.3 Å². The topological polar surface area (TPSA) is 114 Å². The van der Waals surface area contributed by atoms with E-state index in [0.717, 1.165) is 10.6 Å². The van der Waals surface area contributed by atoms with Crippen LogP contribution in [0, 0.1) is 17.0 Å². The first-order valence-electron chi connectivity index (χ1n) is 8.41. The number of anilines is 2. The highest BCUT2D eigenvalue weighted by Gasteiger charge is 2.11. The molecular weight excluding hydrogens is 412 g/mol. The van der Waals surface area contributed by atoms with Crippen molar-refractivity contribution in [3.8, 4) is 0 Å². The van der Waals surface area contributed by atoms with Crippen molar-refractivity contribution >= 4 is 51.4 Å². The number of carbonyl (C=O) groups is 2. The van der Waals surface area contributed by atoms with Crippen molar-refractivity contribution in [1.82, 2.24) is 4.98 Å². The summed E-state index contributed by atoms with van der Waals surface area (Å²) >= 11 is 2.71. The lowest BCUT2D eigenvalue weighted by Gasteiger charge is -2.07. The number of non-ortho nitro benzene ring substituents is 1. The number of carbonyl (C=O) groups excluding carboxylic acids is 2. The van der Waals surface area contributed by atoms with Crippen LogP contribution in [0.3, 0.4) is 0 Å². The van der Waals surface area contributed by atoms with Crippen molar-refractivity contribution < 1.29 is 14.5 Å². The first kappa shape index (κ1) is 20.5. The maximum Gasteiger partial charge on any atom is 0.269 e. The molecule has 0 aliphatic carbocycles. The Morgan fingerprint density at radius 2 is 1.93 bits per heavy atom. The number of rotatable bonds is 7. The van der Waals surface area contributed by atoms with Crippen LogP contribution in [0.4, 0.5) is 16.5 Å². The predicted octanol–water partition coefficient (Wildman–Crippen LogP) is 4.34. The molecular formula is C19H16N4O4S2. The lowest BCUT2D eigenvalue weighted by Crippen LogP contribution is -2.14. The third-order valence-corrected chi connectivity index (χ3v) is 5.54. The van der Waals surface area contributed by atoms with Crippen LogP contribution in [0.15, 0.2) is 58.8 Å². The van der Waals surface area contributed by atoms with Crippen LogP contribution in [0.5, 0.6) is 0 Å². The Hall–Kier alpha value is -3.24. The zero-order valence-corrected chi connectivity index (χ0v) is 16.9. The highest BCUT2D eigenvalue weighted by atomic mass is 32.2. The summed E-state index contributed by atoms with van der Waals surface area (Å²) in [5.74, 6) is -0.332. The van der Waals surface area contributed by atoms with Crippen molar-refractivity contribution in [2.45, 2.75) is 11.8 Å². The molecule has 0 spiro atoms. The number of hydrogen-bond donors (Lipinski definition) is 2. The molecule has 3 aromatic rings. The molecule has 0 aliphatic rings. The number of aromatic nitrogens is 1. The van der Waals surface area contributed by atoms with Gasteiger partial charge in [0, 0.05) is 33.7 Å². The first-order valence-corrected chi connectivity index (χ1v) is 10.3. The maximum atomic E-state index is 12.3. The number of hydrogen-bond acceptors (Lipinski definition) is 7. The number of nitro groups is 1. The number of thiazole rings is 1. The second kappa shape index (κ2) is 9.30. The minimum atomic E-state index is -0.520. The minimum Gasteiger partial charge on any atom is -0.322 e. The van der Waals surface area contributed by atoms with Gasteiger partial charge < -0.3 is 10.6 Å². The Balaban J connectivity index is 1.56. The van der Waals surface area contributed by atoms with Gasteiger partial charge in [-0.2, -0.15) is 0 Å². The molecule has 1 aromatic heterocycles. The van der Waals surface area contributed by atoms with E-state index in [4.69, 9.17) is 0 Å². The molecule has 3 rings (SSSR count). The molecule has 2 amide bonds. The van der Waals surface area contributed by atoms with E-state index in [1.807, 2.05) is 18.4 Å². The van der Waals surface area contributed by atoms with E-state index in [0.29, 0.717) is 16.4 Å². The van der Waals surface area contributed by atoms with Gasteiger partial charge in [0.1, 0.15) is 0 Å². The molecule has 148 valence electrons.